The lowest BCUT2D eigenvalue weighted by Gasteiger charge is -2.15. The van der Waals surface area contributed by atoms with Gasteiger partial charge in [-0.1, -0.05) is 12.1 Å². The van der Waals surface area contributed by atoms with Crippen LogP contribution in [0.1, 0.15) is 24.1 Å². The standard InChI is InChI=1S/C13H15BrN2O2/c1-2-17-10-5-3-9(4-6-10)12(16-15)11-7-8-18-13(11)14/h3-8,12,16H,2,15H2,1H3. The molecule has 4 nitrogen and oxygen atoms in total. The van der Waals surface area contributed by atoms with Gasteiger partial charge in [0, 0.05) is 5.56 Å². The first kappa shape index (κ1) is 13.1. The Labute approximate surface area is 114 Å². The molecule has 0 bridgehead atoms. The number of nitrogens with one attached hydrogen (secondary N) is 1. The van der Waals surface area contributed by atoms with Crippen molar-refractivity contribution in [2.75, 3.05) is 6.61 Å². The van der Waals surface area contributed by atoms with Gasteiger partial charge < -0.3 is 9.15 Å². The molecule has 1 atom stereocenters. The molecule has 96 valence electrons. The summed E-state index contributed by atoms with van der Waals surface area (Å²) in [5.41, 5.74) is 4.79. The normalized spacial score (nSPS) is 12.4. The predicted molar refractivity (Wildman–Crippen MR) is 73.2 cm³/mol. The second-order valence-electron chi connectivity index (χ2n) is 3.75. The van der Waals surface area contributed by atoms with Crippen LogP contribution < -0.4 is 16.0 Å². The number of hydrogen-bond donors (Lipinski definition) is 2. The van der Waals surface area contributed by atoms with E-state index in [-0.39, 0.29) is 6.04 Å². The Bertz CT molecular complexity index is 496. The summed E-state index contributed by atoms with van der Waals surface area (Å²) in [6.45, 7) is 2.62. The van der Waals surface area contributed by atoms with Crippen molar-refractivity contribution in [3.8, 4) is 5.75 Å². The van der Waals surface area contributed by atoms with Crippen LogP contribution in [-0.2, 0) is 0 Å². The lowest BCUT2D eigenvalue weighted by atomic mass is 10.0. The monoisotopic (exact) mass is 310 g/mol. The fourth-order valence-corrected chi connectivity index (χ4v) is 2.27. The minimum Gasteiger partial charge on any atom is -0.494 e. The molecular weight excluding hydrogens is 296 g/mol. The maximum absolute atomic E-state index is 5.62. The van der Waals surface area contributed by atoms with Gasteiger partial charge in [0.05, 0.1) is 18.9 Å². The average molecular weight is 311 g/mol. The molecule has 0 aliphatic carbocycles. The van der Waals surface area contributed by atoms with E-state index in [0.717, 1.165) is 16.9 Å². The van der Waals surface area contributed by atoms with Crippen LogP contribution in [0.5, 0.6) is 5.75 Å². The minimum atomic E-state index is -0.117. The summed E-state index contributed by atoms with van der Waals surface area (Å²) < 4.78 is 11.3. The van der Waals surface area contributed by atoms with Crippen molar-refractivity contribution in [2.45, 2.75) is 13.0 Å². The molecule has 0 fully saturated rings. The van der Waals surface area contributed by atoms with E-state index in [4.69, 9.17) is 15.0 Å². The SMILES string of the molecule is CCOc1ccc(C(NN)c2ccoc2Br)cc1. The molecule has 0 aliphatic rings. The van der Waals surface area contributed by atoms with Crippen LogP contribution in [0, 0.1) is 0 Å². The first-order chi connectivity index (χ1) is 8.76. The topological polar surface area (TPSA) is 60.4 Å². The second-order valence-corrected chi connectivity index (χ2v) is 4.47. The first-order valence-electron chi connectivity index (χ1n) is 5.68. The summed E-state index contributed by atoms with van der Waals surface area (Å²) in [6, 6.07) is 9.58. The van der Waals surface area contributed by atoms with E-state index < -0.39 is 0 Å². The van der Waals surface area contributed by atoms with Crippen LogP contribution in [0.4, 0.5) is 0 Å². The zero-order valence-corrected chi connectivity index (χ0v) is 11.6. The molecule has 1 heterocycles. The van der Waals surface area contributed by atoms with Gasteiger partial charge in [0.1, 0.15) is 5.75 Å². The Hall–Kier alpha value is -1.30. The highest BCUT2D eigenvalue weighted by molar-refractivity contribution is 9.10. The summed E-state index contributed by atoms with van der Waals surface area (Å²) in [7, 11) is 0. The third kappa shape index (κ3) is 2.75. The number of hydrogen-bond acceptors (Lipinski definition) is 4. The van der Waals surface area contributed by atoms with Crippen LogP contribution >= 0.6 is 15.9 Å². The molecule has 0 aliphatic heterocycles. The number of furan rings is 1. The van der Waals surface area contributed by atoms with Crippen molar-refractivity contribution in [3.63, 3.8) is 0 Å². The van der Waals surface area contributed by atoms with Crippen molar-refractivity contribution in [1.82, 2.24) is 5.43 Å². The molecular formula is C13H15BrN2O2. The van der Waals surface area contributed by atoms with E-state index in [0.29, 0.717) is 11.3 Å². The van der Waals surface area contributed by atoms with Crippen LogP contribution in [0.2, 0.25) is 0 Å². The van der Waals surface area contributed by atoms with E-state index in [9.17, 15) is 0 Å². The number of benzene rings is 1. The van der Waals surface area contributed by atoms with Gasteiger partial charge in [0.2, 0.25) is 0 Å². The summed E-state index contributed by atoms with van der Waals surface area (Å²) in [5.74, 6) is 6.47. The molecule has 2 rings (SSSR count). The highest BCUT2D eigenvalue weighted by atomic mass is 79.9. The van der Waals surface area contributed by atoms with Gasteiger partial charge in [0.15, 0.2) is 4.67 Å². The Morgan fingerprint density at radius 2 is 2.06 bits per heavy atom. The van der Waals surface area contributed by atoms with Crippen molar-refractivity contribution >= 4 is 15.9 Å². The number of halogens is 1. The molecule has 1 aromatic heterocycles. The van der Waals surface area contributed by atoms with E-state index in [2.05, 4.69) is 21.4 Å². The molecule has 3 N–H and O–H groups in total. The van der Waals surface area contributed by atoms with E-state index in [1.54, 1.807) is 6.26 Å². The number of rotatable bonds is 5. The summed E-state index contributed by atoms with van der Waals surface area (Å²) in [6.07, 6.45) is 1.62. The van der Waals surface area contributed by atoms with Gasteiger partial charge in [0.25, 0.3) is 0 Å². The van der Waals surface area contributed by atoms with Crippen molar-refractivity contribution < 1.29 is 9.15 Å². The lowest BCUT2D eigenvalue weighted by molar-refractivity contribution is 0.340. The number of ether oxygens (including phenoxy) is 1. The molecule has 1 unspecified atom stereocenters. The molecule has 0 saturated heterocycles. The van der Waals surface area contributed by atoms with E-state index in [1.165, 1.54) is 0 Å². The van der Waals surface area contributed by atoms with Crippen molar-refractivity contribution in [2.24, 2.45) is 5.84 Å². The molecule has 0 amide bonds. The fraction of sp³-hybridized carbons (Fsp3) is 0.231. The number of nitrogens with two attached hydrogens (primary N) is 1. The maximum Gasteiger partial charge on any atom is 0.174 e. The molecule has 2 aromatic rings. The van der Waals surface area contributed by atoms with Crippen LogP contribution in [0.3, 0.4) is 0 Å². The Morgan fingerprint density at radius 1 is 1.33 bits per heavy atom. The summed E-state index contributed by atoms with van der Waals surface area (Å²) >= 11 is 3.36. The maximum atomic E-state index is 5.62. The summed E-state index contributed by atoms with van der Waals surface area (Å²) in [4.78, 5) is 0. The molecule has 0 saturated carbocycles. The van der Waals surface area contributed by atoms with Gasteiger partial charge in [-0.05, 0) is 46.6 Å². The Balaban J connectivity index is 2.25. The highest BCUT2D eigenvalue weighted by Crippen LogP contribution is 2.29. The second kappa shape index (κ2) is 6.04. The molecule has 18 heavy (non-hydrogen) atoms. The van der Waals surface area contributed by atoms with Gasteiger partial charge in [-0.2, -0.15) is 0 Å². The van der Waals surface area contributed by atoms with E-state index in [1.807, 2.05) is 37.3 Å². The van der Waals surface area contributed by atoms with Crippen LogP contribution in [0.15, 0.2) is 45.7 Å². The van der Waals surface area contributed by atoms with Gasteiger partial charge in [-0.3, -0.25) is 5.84 Å². The van der Waals surface area contributed by atoms with Gasteiger partial charge >= 0.3 is 0 Å². The zero-order chi connectivity index (χ0) is 13.0. The Morgan fingerprint density at radius 3 is 2.56 bits per heavy atom. The molecule has 1 aromatic carbocycles. The highest BCUT2D eigenvalue weighted by Gasteiger charge is 2.17. The van der Waals surface area contributed by atoms with Crippen molar-refractivity contribution in [1.29, 1.82) is 0 Å². The van der Waals surface area contributed by atoms with Crippen LogP contribution in [0.25, 0.3) is 0 Å². The van der Waals surface area contributed by atoms with E-state index >= 15 is 0 Å². The first-order valence-corrected chi connectivity index (χ1v) is 6.47. The smallest absolute Gasteiger partial charge is 0.174 e. The lowest BCUT2D eigenvalue weighted by Crippen LogP contribution is -2.28. The summed E-state index contributed by atoms with van der Waals surface area (Å²) in [5, 5.41) is 0. The third-order valence-corrected chi connectivity index (χ3v) is 3.29. The molecule has 5 heteroatoms. The number of hydrazine groups is 1. The molecule has 0 radical (unpaired) electrons. The average Bonchev–Trinajstić information content (AvgIpc) is 2.79. The predicted octanol–water partition coefficient (Wildman–Crippen LogP) is 2.99. The minimum absolute atomic E-state index is 0.117. The largest absolute Gasteiger partial charge is 0.494 e. The molecule has 0 spiro atoms. The zero-order valence-electron chi connectivity index (χ0n) is 10.0. The van der Waals surface area contributed by atoms with Gasteiger partial charge in [-0.15, -0.1) is 0 Å². The quantitative estimate of drug-likeness (QED) is 0.658. The van der Waals surface area contributed by atoms with Crippen LogP contribution in [-0.4, -0.2) is 6.61 Å². The van der Waals surface area contributed by atoms with Gasteiger partial charge in [-0.25, -0.2) is 5.43 Å². The van der Waals surface area contributed by atoms with Crippen molar-refractivity contribution in [3.05, 3.63) is 52.4 Å². The third-order valence-electron chi connectivity index (χ3n) is 2.65. The fourth-order valence-electron chi connectivity index (χ4n) is 1.80. The Kier molecular flexibility index (Phi) is 4.41.